The molecule has 19 heavy (non-hydrogen) atoms. The Labute approximate surface area is 116 Å². The van der Waals surface area contributed by atoms with Gasteiger partial charge in [0.15, 0.2) is 0 Å². The van der Waals surface area contributed by atoms with E-state index in [1.54, 1.807) is 0 Å². The van der Waals surface area contributed by atoms with E-state index in [4.69, 9.17) is 4.74 Å². The Bertz CT molecular complexity index is 408. The van der Waals surface area contributed by atoms with Crippen LogP contribution in [0.2, 0.25) is 0 Å². The Hall–Kier alpha value is -0.530. The van der Waals surface area contributed by atoms with Crippen LogP contribution in [0.3, 0.4) is 0 Å². The van der Waals surface area contributed by atoms with Crippen molar-refractivity contribution in [3.63, 3.8) is 0 Å². The Morgan fingerprint density at radius 3 is 2.32 bits per heavy atom. The molecule has 0 heterocycles. The molecule has 4 bridgehead atoms. The average molecular weight is 262 g/mol. The van der Waals surface area contributed by atoms with Crippen molar-refractivity contribution in [3.8, 4) is 0 Å². The third-order valence-corrected chi connectivity index (χ3v) is 6.44. The summed E-state index contributed by atoms with van der Waals surface area (Å²) in [6.07, 6.45) is 6.85. The molecule has 7 atom stereocenters. The molecule has 2 heteroatoms. The van der Waals surface area contributed by atoms with Gasteiger partial charge in [-0.15, -0.1) is 0 Å². The maximum absolute atomic E-state index is 12.4. The maximum Gasteiger partial charge on any atom is 0.309 e. The van der Waals surface area contributed by atoms with Crippen molar-refractivity contribution in [1.29, 1.82) is 0 Å². The molecular weight excluding hydrogens is 236 g/mol. The van der Waals surface area contributed by atoms with Crippen LogP contribution in [0.4, 0.5) is 0 Å². The molecule has 2 nitrogen and oxygen atoms in total. The van der Waals surface area contributed by atoms with Gasteiger partial charge in [0.2, 0.25) is 0 Å². The summed E-state index contributed by atoms with van der Waals surface area (Å²) in [5, 5.41) is 0. The van der Waals surface area contributed by atoms with E-state index in [2.05, 4.69) is 0 Å². The highest BCUT2D eigenvalue weighted by Gasteiger charge is 2.63. The molecule has 4 fully saturated rings. The van der Waals surface area contributed by atoms with Gasteiger partial charge < -0.3 is 4.74 Å². The van der Waals surface area contributed by atoms with Crippen molar-refractivity contribution < 1.29 is 9.53 Å². The molecule has 4 saturated carbocycles. The summed E-state index contributed by atoms with van der Waals surface area (Å²) in [5.74, 6) is 5.69. The van der Waals surface area contributed by atoms with E-state index < -0.39 is 0 Å². The minimum Gasteiger partial charge on any atom is -0.460 e. The molecule has 0 aromatic heterocycles. The van der Waals surface area contributed by atoms with Gasteiger partial charge in [-0.2, -0.15) is 0 Å². The Balaban J connectivity index is 1.52. The second-order valence-corrected chi connectivity index (χ2v) is 8.52. The molecule has 0 spiro atoms. The molecular formula is C17H26O2. The molecule has 4 aliphatic carbocycles. The van der Waals surface area contributed by atoms with Crippen molar-refractivity contribution in [2.75, 3.05) is 0 Å². The number of fused-ring (bicyclic) bond motifs is 9. The summed E-state index contributed by atoms with van der Waals surface area (Å²) >= 11 is 0. The normalized spacial score (nSPS) is 50.6. The second-order valence-electron chi connectivity index (χ2n) is 8.52. The number of hydrogen-bond acceptors (Lipinski definition) is 2. The van der Waals surface area contributed by atoms with Gasteiger partial charge in [-0.25, -0.2) is 0 Å². The summed E-state index contributed by atoms with van der Waals surface area (Å²) in [7, 11) is 0. The summed E-state index contributed by atoms with van der Waals surface area (Å²) < 4.78 is 5.66. The van der Waals surface area contributed by atoms with Crippen molar-refractivity contribution >= 4 is 5.97 Å². The van der Waals surface area contributed by atoms with Crippen LogP contribution in [-0.2, 0) is 9.53 Å². The van der Waals surface area contributed by atoms with Gasteiger partial charge in [-0.05, 0) is 88.4 Å². The zero-order chi connectivity index (χ0) is 13.4. The minimum absolute atomic E-state index is 0.0984. The molecule has 7 unspecified atom stereocenters. The van der Waals surface area contributed by atoms with Crippen LogP contribution in [0.15, 0.2) is 0 Å². The van der Waals surface area contributed by atoms with Gasteiger partial charge in [0.25, 0.3) is 0 Å². The number of esters is 1. The largest absolute Gasteiger partial charge is 0.460 e. The highest BCUT2D eigenvalue weighted by atomic mass is 16.6. The Morgan fingerprint density at radius 2 is 1.63 bits per heavy atom. The highest BCUT2D eigenvalue weighted by Crippen LogP contribution is 2.68. The molecule has 0 radical (unpaired) electrons. The van der Waals surface area contributed by atoms with E-state index in [1.165, 1.54) is 25.7 Å². The highest BCUT2D eigenvalue weighted by molar-refractivity contribution is 5.74. The third kappa shape index (κ3) is 1.71. The standard InChI is InChI=1S/C17H26O2/c1-17(2,3)19-16(18)13-8-11-7-12(13)15-10-5-4-9(6-10)14(11)15/h9-15H,4-8H2,1-3H3. The first-order valence-corrected chi connectivity index (χ1v) is 8.17. The smallest absolute Gasteiger partial charge is 0.309 e. The quantitative estimate of drug-likeness (QED) is 0.532. The lowest BCUT2D eigenvalue weighted by Crippen LogP contribution is -2.38. The van der Waals surface area contributed by atoms with Crippen molar-refractivity contribution in [2.24, 2.45) is 41.4 Å². The lowest BCUT2D eigenvalue weighted by atomic mass is 9.67. The zero-order valence-electron chi connectivity index (χ0n) is 12.4. The summed E-state index contributed by atoms with van der Waals surface area (Å²) in [6.45, 7) is 5.95. The minimum atomic E-state index is -0.326. The molecule has 0 aliphatic heterocycles. The maximum atomic E-state index is 12.4. The van der Waals surface area contributed by atoms with Crippen LogP contribution >= 0.6 is 0 Å². The van der Waals surface area contributed by atoms with Crippen LogP contribution in [0.5, 0.6) is 0 Å². The van der Waals surface area contributed by atoms with Gasteiger partial charge in [0, 0.05) is 0 Å². The van der Waals surface area contributed by atoms with Crippen molar-refractivity contribution in [1.82, 2.24) is 0 Å². The SMILES string of the molecule is CC(C)(C)OC(=O)C1CC2CC1C1C3CCC(C3)C21. The van der Waals surface area contributed by atoms with Crippen molar-refractivity contribution in [3.05, 3.63) is 0 Å². The van der Waals surface area contributed by atoms with Gasteiger partial charge in [-0.1, -0.05) is 0 Å². The topological polar surface area (TPSA) is 26.3 Å². The predicted octanol–water partition coefficient (Wildman–Crippen LogP) is 3.65. The van der Waals surface area contributed by atoms with Gasteiger partial charge in [0.05, 0.1) is 5.92 Å². The first kappa shape index (κ1) is 12.2. The van der Waals surface area contributed by atoms with Crippen LogP contribution < -0.4 is 0 Å². The number of carbonyl (C=O) groups is 1. The average Bonchev–Trinajstić information content (AvgIpc) is 3.04. The van der Waals surface area contributed by atoms with E-state index in [-0.39, 0.29) is 17.5 Å². The fourth-order valence-corrected chi connectivity index (χ4v) is 6.21. The van der Waals surface area contributed by atoms with E-state index in [9.17, 15) is 4.79 Å². The van der Waals surface area contributed by atoms with E-state index in [1.807, 2.05) is 20.8 Å². The summed E-state index contributed by atoms with van der Waals surface area (Å²) in [4.78, 5) is 12.4. The molecule has 106 valence electrons. The molecule has 0 aromatic rings. The lowest BCUT2D eigenvalue weighted by molar-refractivity contribution is -0.163. The molecule has 4 aliphatic rings. The second kappa shape index (κ2) is 3.77. The zero-order valence-corrected chi connectivity index (χ0v) is 12.4. The Morgan fingerprint density at radius 1 is 0.947 bits per heavy atom. The van der Waals surface area contributed by atoms with Crippen LogP contribution in [0.1, 0.15) is 52.9 Å². The number of ether oxygens (including phenoxy) is 1. The molecule has 0 saturated heterocycles. The van der Waals surface area contributed by atoms with E-state index in [0.29, 0.717) is 5.92 Å². The number of carbonyl (C=O) groups excluding carboxylic acids is 1. The van der Waals surface area contributed by atoms with Gasteiger partial charge >= 0.3 is 5.97 Å². The number of rotatable bonds is 1. The van der Waals surface area contributed by atoms with Gasteiger partial charge in [0.1, 0.15) is 5.60 Å². The van der Waals surface area contributed by atoms with Crippen LogP contribution in [-0.4, -0.2) is 11.6 Å². The van der Waals surface area contributed by atoms with E-state index in [0.717, 1.165) is 36.0 Å². The van der Waals surface area contributed by atoms with Crippen LogP contribution in [0.25, 0.3) is 0 Å². The number of hydrogen-bond donors (Lipinski definition) is 0. The predicted molar refractivity (Wildman–Crippen MR) is 73.4 cm³/mol. The molecule has 0 N–H and O–H groups in total. The fraction of sp³-hybridized carbons (Fsp3) is 0.941. The van der Waals surface area contributed by atoms with Crippen LogP contribution in [0, 0.1) is 41.4 Å². The fourth-order valence-electron chi connectivity index (χ4n) is 6.21. The summed E-state index contributed by atoms with van der Waals surface area (Å²) in [5.41, 5.74) is -0.326. The first-order valence-electron chi connectivity index (χ1n) is 8.17. The van der Waals surface area contributed by atoms with Gasteiger partial charge in [-0.3, -0.25) is 4.79 Å². The monoisotopic (exact) mass is 262 g/mol. The molecule has 0 aromatic carbocycles. The lowest BCUT2D eigenvalue weighted by Gasteiger charge is -2.38. The molecule has 0 amide bonds. The first-order chi connectivity index (χ1) is 8.94. The van der Waals surface area contributed by atoms with E-state index >= 15 is 0 Å². The third-order valence-electron chi connectivity index (χ3n) is 6.44. The summed E-state index contributed by atoms with van der Waals surface area (Å²) in [6, 6.07) is 0. The molecule has 4 rings (SSSR count). The Kier molecular flexibility index (Phi) is 2.42. The van der Waals surface area contributed by atoms with Crippen molar-refractivity contribution in [2.45, 2.75) is 58.5 Å².